The zero-order valence-electron chi connectivity index (χ0n) is 11.6. The third-order valence-electron chi connectivity index (χ3n) is 3.21. The molecule has 2 aromatic carbocycles. The van der Waals surface area contributed by atoms with Crippen molar-refractivity contribution in [3.63, 3.8) is 0 Å². The lowest BCUT2D eigenvalue weighted by Gasteiger charge is -2.16. The van der Waals surface area contributed by atoms with E-state index in [-0.39, 0.29) is 11.6 Å². The molecule has 2 nitrogen and oxygen atoms in total. The third kappa shape index (κ3) is 3.55. The molecule has 0 radical (unpaired) electrons. The van der Waals surface area contributed by atoms with Gasteiger partial charge in [0.1, 0.15) is 5.82 Å². The van der Waals surface area contributed by atoms with E-state index >= 15 is 0 Å². The summed E-state index contributed by atoms with van der Waals surface area (Å²) in [6.45, 7) is 3.40. The van der Waals surface area contributed by atoms with Gasteiger partial charge in [0.25, 0.3) is 5.91 Å². The molecule has 0 aromatic heterocycles. The van der Waals surface area contributed by atoms with Crippen LogP contribution in [0.25, 0.3) is 0 Å². The summed E-state index contributed by atoms with van der Waals surface area (Å²) in [7, 11) is 0. The smallest absolute Gasteiger partial charge is 0.254 e. The number of amides is 1. The van der Waals surface area contributed by atoms with Crippen LogP contribution in [0.3, 0.4) is 0 Å². The van der Waals surface area contributed by atoms with Crippen LogP contribution in [0.1, 0.15) is 34.5 Å². The minimum atomic E-state index is -0.510. The molecule has 0 heterocycles. The number of benzene rings is 2. The maximum absolute atomic E-state index is 13.9. The molecule has 1 amide bonds. The van der Waals surface area contributed by atoms with Crippen molar-refractivity contribution in [2.45, 2.75) is 19.9 Å². The Labute approximate surface area is 132 Å². The van der Waals surface area contributed by atoms with Gasteiger partial charge in [-0.05, 0) is 43.2 Å². The van der Waals surface area contributed by atoms with Crippen LogP contribution in [0.4, 0.5) is 4.39 Å². The van der Waals surface area contributed by atoms with Crippen LogP contribution in [0.2, 0.25) is 10.0 Å². The summed E-state index contributed by atoms with van der Waals surface area (Å²) in [5.74, 6) is -0.987. The summed E-state index contributed by atoms with van der Waals surface area (Å²) in [6.07, 6.45) is 0. The molecule has 0 bridgehead atoms. The van der Waals surface area contributed by atoms with E-state index in [0.29, 0.717) is 15.6 Å². The summed E-state index contributed by atoms with van der Waals surface area (Å²) in [4.78, 5) is 12.2. The van der Waals surface area contributed by atoms with Crippen LogP contribution in [-0.2, 0) is 0 Å². The van der Waals surface area contributed by atoms with Gasteiger partial charge in [-0.1, -0.05) is 41.4 Å². The van der Waals surface area contributed by atoms with Crippen molar-refractivity contribution < 1.29 is 9.18 Å². The molecule has 0 aliphatic rings. The third-order valence-corrected chi connectivity index (χ3v) is 3.78. The van der Waals surface area contributed by atoms with Crippen LogP contribution >= 0.6 is 23.2 Å². The Hall–Kier alpha value is -1.58. The molecule has 2 aromatic rings. The highest BCUT2D eigenvalue weighted by Gasteiger charge is 2.17. The summed E-state index contributed by atoms with van der Waals surface area (Å²) >= 11 is 11.9. The van der Waals surface area contributed by atoms with E-state index in [0.717, 1.165) is 5.56 Å². The SMILES string of the molecule is Cc1cccc(C(=O)NC(C)c2ccc(Cl)cc2Cl)c1F. The maximum atomic E-state index is 13.9. The highest BCUT2D eigenvalue weighted by atomic mass is 35.5. The Morgan fingerprint density at radius 3 is 2.62 bits per heavy atom. The largest absolute Gasteiger partial charge is 0.345 e. The molecule has 1 N–H and O–H groups in total. The zero-order chi connectivity index (χ0) is 15.6. The fourth-order valence-corrected chi connectivity index (χ4v) is 2.60. The van der Waals surface area contributed by atoms with Crippen molar-refractivity contribution in [2.24, 2.45) is 0 Å². The Bertz CT molecular complexity index is 688. The van der Waals surface area contributed by atoms with Gasteiger partial charge in [-0.3, -0.25) is 4.79 Å². The Morgan fingerprint density at radius 1 is 1.24 bits per heavy atom. The molecule has 0 fully saturated rings. The van der Waals surface area contributed by atoms with Crippen LogP contribution < -0.4 is 5.32 Å². The van der Waals surface area contributed by atoms with E-state index in [9.17, 15) is 9.18 Å². The van der Waals surface area contributed by atoms with Gasteiger partial charge in [-0.15, -0.1) is 0 Å². The molecule has 0 aliphatic carbocycles. The van der Waals surface area contributed by atoms with E-state index in [1.165, 1.54) is 6.07 Å². The van der Waals surface area contributed by atoms with E-state index in [2.05, 4.69) is 5.32 Å². The standard InChI is InChI=1S/C16H14Cl2FNO/c1-9-4-3-5-13(15(9)19)16(21)20-10(2)12-7-6-11(17)8-14(12)18/h3-8,10H,1-2H3,(H,20,21). The molecule has 21 heavy (non-hydrogen) atoms. The fraction of sp³-hybridized carbons (Fsp3) is 0.188. The van der Waals surface area contributed by atoms with Gasteiger partial charge in [0, 0.05) is 10.0 Å². The molecule has 2 rings (SSSR count). The van der Waals surface area contributed by atoms with Crippen molar-refractivity contribution >= 4 is 29.1 Å². The number of aryl methyl sites for hydroxylation is 1. The van der Waals surface area contributed by atoms with Crippen LogP contribution in [0, 0.1) is 12.7 Å². The first kappa shape index (κ1) is 15.8. The highest BCUT2D eigenvalue weighted by molar-refractivity contribution is 6.35. The Kier molecular flexibility index (Phi) is 4.86. The number of hydrogen-bond donors (Lipinski definition) is 1. The second-order valence-electron chi connectivity index (χ2n) is 4.80. The molecular weight excluding hydrogens is 312 g/mol. The van der Waals surface area contributed by atoms with Crippen LogP contribution in [0.15, 0.2) is 36.4 Å². The second kappa shape index (κ2) is 6.46. The first-order valence-electron chi connectivity index (χ1n) is 6.41. The summed E-state index contributed by atoms with van der Waals surface area (Å²) in [5, 5.41) is 3.71. The summed E-state index contributed by atoms with van der Waals surface area (Å²) in [6, 6.07) is 9.39. The molecule has 5 heteroatoms. The maximum Gasteiger partial charge on any atom is 0.254 e. The van der Waals surface area contributed by atoms with Crippen molar-refractivity contribution in [2.75, 3.05) is 0 Å². The molecular formula is C16H14Cl2FNO. The van der Waals surface area contributed by atoms with Crippen molar-refractivity contribution in [3.05, 3.63) is 69.0 Å². The van der Waals surface area contributed by atoms with Gasteiger partial charge in [0.15, 0.2) is 0 Å². The molecule has 0 aliphatic heterocycles. The average molecular weight is 326 g/mol. The van der Waals surface area contributed by atoms with Crippen LogP contribution in [-0.4, -0.2) is 5.91 Å². The van der Waals surface area contributed by atoms with Gasteiger partial charge in [0.2, 0.25) is 0 Å². The van der Waals surface area contributed by atoms with E-state index < -0.39 is 11.7 Å². The quantitative estimate of drug-likeness (QED) is 0.851. The molecule has 0 saturated carbocycles. The fourth-order valence-electron chi connectivity index (χ4n) is 2.03. The monoisotopic (exact) mass is 325 g/mol. The van der Waals surface area contributed by atoms with Crippen molar-refractivity contribution in [1.29, 1.82) is 0 Å². The first-order chi connectivity index (χ1) is 9.90. The van der Waals surface area contributed by atoms with E-state index in [1.807, 2.05) is 0 Å². The Morgan fingerprint density at radius 2 is 1.95 bits per heavy atom. The normalized spacial score (nSPS) is 12.0. The lowest BCUT2D eigenvalue weighted by Crippen LogP contribution is -2.27. The number of nitrogens with one attached hydrogen (secondary N) is 1. The summed E-state index contributed by atoms with van der Waals surface area (Å²) < 4.78 is 13.9. The highest BCUT2D eigenvalue weighted by Crippen LogP contribution is 2.26. The number of halogens is 3. The molecule has 0 saturated heterocycles. The first-order valence-corrected chi connectivity index (χ1v) is 7.16. The Balaban J connectivity index is 2.21. The van der Waals surface area contributed by atoms with Gasteiger partial charge in [0.05, 0.1) is 11.6 Å². The van der Waals surface area contributed by atoms with Gasteiger partial charge in [-0.2, -0.15) is 0 Å². The van der Waals surface area contributed by atoms with Gasteiger partial charge < -0.3 is 5.32 Å². The molecule has 1 unspecified atom stereocenters. The number of rotatable bonds is 3. The average Bonchev–Trinajstić information content (AvgIpc) is 2.41. The molecule has 1 atom stereocenters. The van der Waals surface area contributed by atoms with E-state index in [4.69, 9.17) is 23.2 Å². The van der Waals surface area contributed by atoms with Gasteiger partial charge in [-0.25, -0.2) is 4.39 Å². The molecule has 110 valence electrons. The summed E-state index contributed by atoms with van der Waals surface area (Å²) in [5.41, 5.74) is 1.18. The van der Waals surface area contributed by atoms with Gasteiger partial charge >= 0.3 is 0 Å². The number of carbonyl (C=O) groups excluding carboxylic acids is 1. The molecule has 0 spiro atoms. The lowest BCUT2D eigenvalue weighted by atomic mass is 10.1. The topological polar surface area (TPSA) is 29.1 Å². The van der Waals surface area contributed by atoms with Crippen molar-refractivity contribution in [3.8, 4) is 0 Å². The minimum absolute atomic E-state index is 0.0203. The van der Waals surface area contributed by atoms with Crippen molar-refractivity contribution in [1.82, 2.24) is 5.32 Å². The zero-order valence-corrected chi connectivity index (χ0v) is 13.1. The minimum Gasteiger partial charge on any atom is -0.345 e. The second-order valence-corrected chi connectivity index (χ2v) is 5.64. The lowest BCUT2D eigenvalue weighted by molar-refractivity contribution is 0.0935. The number of carbonyl (C=O) groups is 1. The predicted molar refractivity (Wildman–Crippen MR) is 83.5 cm³/mol. The van der Waals surface area contributed by atoms with E-state index in [1.54, 1.807) is 44.2 Å². The van der Waals surface area contributed by atoms with Crippen LogP contribution in [0.5, 0.6) is 0 Å². The predicted octanol–water partition coefficient (Wildman–Crippen LogP) is 4.93. The number of hydrogen-bond acceptors (Lipinski definition) is 1.